The van der Waals surface area contributed by atoms with E-state index in [1.54, 1.807) is 0 Å². The number of fused-ring (bicyclic) bond motifs is 1. The van der Waals surface area contributed by atoms with Crippen molar-refractivity contribution in [2.75, 3.05) is 12.3 Å². The maximum absolute atomic E-state index is 12.2. The summed E-state index contributed by atoms with van der Waals surface area (Å²) in [5.74, 6) is 1.30. The Morgan fingerprint density at radius 2 is 2.20 bits per heavy atom. The van der Waals surface area contributed by atoms with Gasteiger partial charge in [0, 0.05) is 13.1 Å². The normalized spacial score (nSPS) is 14.2. The first-order chi connectivity index (χ1) is 9.72. The SMILES string of the molecule is Cc1nc(SCC(=O)N2CCc3ccccc3C2)n[nH]1. The van der Waals surface area contributed by atoms with Crippen LogP contribution in [0.5, 0.6) is 0 Å². The van der Waals surface area contributed by atoms with E-state index in [4.69, 9.17) is 0 Å². The summed E-state index contributed by atoms with van der Waals surface area (Å²) in [4.78, 5) is 18.3. The number of nitrogens with one attached hydrogen (secondary N) is 1. The smallest absolute Gasteiger partial charge is 0.233 e. The quantitative estimate of drug-likeness (QED) is 0.875. The summed E-state index contributed by atoms with van der Waals surface area (Å²) < 4.78 is 0. The second-order valence-corrected chi connectivity index (χ2v) is 5.77. The Morgan fingerprint density at radius 3 is 2.95 bits per heavy atom. The van der Waals surface area contributed by atoms with Crippen LogP contribution in [0.1, 0.15) is 17.0 Å². The first-order valence-electron chi connectivity index (χ1n) is 6.59. The van der Waals surface area contributed by atoms with Gasteiger partial charge in [-0.05, 0) is 24.5 Å². The number of aromatic nitrogens is 3. The van der Waals surface area contributed by atoms with Crippen LogP contribution in [-0.4, -0.2) is 38.3 Å². The van der Waals surface area contributed by atoms with Gasteiger partial charge in [0.2, 0.25) is 11.1 Å². The molecule has 0 bridgehead atoms. The molecule has 2 heterocycles. The molecule has 6 heteroatoms. The second-order valence-electron chi connectivity index (χ2n) is 4.83. The highest BCUT2D eigenvalue weighted by Gasteiger charge is 2.20. The Kier molecular flexibility index (Phi) is 3.73. The van der Waals surface area contributed by atoms with E-state index in [9.17, 15) is 4.79 Å². The van der Waals surface area contributed by atoms with Crippen LogP contribution in [0.25, 0.3) is 0 Å². The third-order valence-electron chi connectivity index (χ3n) is 3.38. The molecule has 0 aliphatic carbocycles. The molecule has 20 heavy (non-hydrogen) atoms. The molecule has 104 valence electrons. The van der Waals surface area contributed by atoms with Crippen LogP contribution < -0.4 is 0 Å². The molecule has 3 rings (SSSR count). The van der Waals surface area contributed by atoms with E-state index in [2.05, 4.69) is 33.4 Å². The molecule has 1 aromatic carbocycles. The van der Waals surface area contributed by atoms with E-state index < -0.39 is 0 Å². The molecule has 0 radical (unpaired) electrons. The van der Waals surface area contributed by atoms with Gasteiger partial charge in [-0.2, -0.15) is 0 Å². The van der Waals surface area contributed by atoms with Crippen molar-refractivity contribution in [3.05, 3.63) is 41.2 Å². The summed E-state index contributed by atoms with van der Waals surface area (Å²) in [5.41, 5.74) is 2.61. The molecule has 2 aromatic rings. The lowest BCUT2D eigenvalue weighted by atomic mass is 10.00. The molecule has 0 spiro atoms. The van der Waals surface area contributed by atoms with Crippen LogP contribution >= 0.6 is 11.8 Å². The van der Waals surface area contributed by atoms with E-state index in [0.29, 0.717) is 17.5 Å². The van der Waals surface area contributed by atoms with Crippen LogP contribution in [0.15, 0.2) is 29.4 Å². The molecule has 0 saturated carbocycles. The Bertz CT molecular complexity index is 625. The van der Waals surface area contributed by atoms with E-state index in [1.165, 1.54) is 22.9 Å². The van der Waals surface area contributed by atoms with Gasteiger partial charge in [0.15, 0.2) is 0 Å². The van der Waals surface area contributed by atoms with Gasteiger partial charge in [0.25, 0.3) is 0 Å². The predicted molar refractivity (Wildman–Crippen MR) is 77.4 cm³/mol. The number of hydrogen-bond donors (Lipinski definition) is 1. The van der Waals surface area contributed by atoms with Crippen LogP contribution in [0.3, 0.4) is 0 Å². The largest absolute Gasteiger partial charge is 0.337 e. The molecular weight excluding hydrogens is 272 g/mol. The average Bonchev–Trinajstić information content (AvgIpc) is 2.90. The fourth-order valence-electron chi connectivity index (χ4n) is 2.31. The highest BCUT2D eigenvalue weighted by molar-refractivity contribution is 7.99. The summed E-state index contributed by atoms with van der Waals surface area (Å²) in [6.45, 7) is 3.35. The minimum atomic E-state index is 0.145. The number of rotatable bonds is 3. The number of aryl methyl sites for hydroxylation is 1. The first-order valence-corrected chi connectivity index (χ1v) is 7.57. The maximum Gasteiger partial charge on any atom is 0.233 e. The topological polar surface area (TPSA) is 61.9 Å². The Hall–Kier alpha value is -1.82. The van der Waals surface area contributed by atoms with E-state index in [0.717, 1.165) is 18.8 Å². The Balaban J connectivity index is 1.59. The van der Waals surface area contributed by atoms with Gasteiger partial charge in [0.05, 0.1) is 5.75 Å². The number of carbonyl (C=O) groups excluding carboxylic acids is 1. The zero-order chi connectivity index (χ0) is 13.9. The summed E-state index contributed by atoms with van der Waals surface area (Å²) in [6, 6.07) is 8.32. The molecule has 5 nitrogen and oxygen atoms in total. The molecular formula is C14H16N4OS. The average molecular weight is 288 g/mol. The van der Waals surface area contributed by atoms with Gasteiger partial charge in [-0.15, -0.1) is 5.10 Å². The maximum atomic E-state index is 12.2. The molecule has 1 aromatic heterocycles. The monoisotopic (exact) mass is 288 g/mol. The zero-order valence-electron chi connectivity index (χ0n) is 11.3. The van der Waals surface area contributed by atoms with Crippen LogP contribution in [0.4, 0.5) is 0 Å². The van der Waals surface area contributed by atoms with Gasteiger partial charge in [-0.1, -0.05) is 36.0 Å². The van der Waals surface area contributed by atoms with E-state index >= 15 is 0 Å². The van der Waals surface area contributed by atoms with Crippen molar-refractivity contribution in [1.29, 1.82) is 0 Å². The first kappa shape index (κ1) is 13.2. The molecule has 1 amide bonds. The Labute approximate surface area is 121 Å². The van der Waals surface area contributed by atoms with Crippen LogP contribution in [-0.2, 0) is 17.8 Å². The number of nitrogens with zero attached hydrogens (tertiary/aromatic N) is 3. The van der Waals surface area contributed by atoms with Crippen molar-refractivity contribution in [2.24, 2.45) is 0 Å². The molecule has 1 aliphatic heterocycles. The second kappa shape index (κ2) is 5.66. The molecule has 0 atom stereocenters. The van der Waals surface area contributed by atoms with Gasteiger partial charge in [0.1, 0.15) is 5.82 Å². The number of carbonyl (C=O) groups is 1. The predicted octanol–water partition coefficient (Wildman–Crippen LogP) is 1.79. The zero-order valence-corrected chi connectivity index (χ0v) is 12.1. The molecule has 0 unspecified atom stereocenters. The summed E-state index contributed by atoms with van der Waals surface area (Å²) >= 11 is 1.38. The summed E-state index contributed by atoms with van der Waals surface area (Å²) in [5, 5.41) is 7.44. The van der Waals surface area contributed by atoms with Crippen molar-refractivity contribution < 1.29 is 4.79 Å². The minimum Gasteiger partial charge on any atom is -0.337 e. The number of amides is 1. The Morgan fingerprint density at radius 1 is 1.40 bits per heavy atom. The lowest BCUT2D eigenvalue weighted by molar-refractivity contribution is -0.129. The fraction of sp³-hybridized carbons (Fsp3) is 0.357. The highest BCUT2D eigenvalue weighted by Crippen LogP contribution is 2.20. The van der Waals surface area contributed by atoms with Crippen LogP contribution in [0, 0.1) is 6.92 Å². The van der Waals surface area contributed by atoms with Crippen molar-refractivity contribution in [1.82, 2.24) is 20.1 Å². The van der Waals surface area contributed by atoms with E-state index in [-0.39, 0.29) is 5.91 Å². The lowest BCUT2D eigenvalue weighted by Gasteiger charge is -2.28. The van der Waals surface area contributed by atoms with Crippen molar-refractivity contribution >= 4 is 17.7 Å². The van der Waals surface area contributed by atoms with Crippen molar-refractivity contribution in [2.45, 2.75) is 25.0 Å². The fourth-order valence-corrected chi connectivity index (χ4v) is 3.06. The minimum absolute atomic E-state index is 0.145. The lowest BCUT2D eigenvalue weighted by Crippen LogP contribution is -2.37. The van der Waals surface area contributed by atoms with Gasteiger partial charge in [-0.3, -0.25) is 9.89 Å². The standard InChI is InChI=1S/C14H16N4OS/c1-10-15-14(17-16-10)20-9-13(19)18-7-6-11-4-2-3-5-12(11)8-18/h2-5H,6-9H2,1H3,(H,15,16,17). The molecule has 1 N–H and O–H groups in total. The van der Waals surface area contributed by atoms with Crippen LogP contribution in [0.2, 0.25) is 0 Å². The summed E-state index contributed by atoms with van der Waals surface area (Å²) in [7, 11) is 0. The number of thioether (sulfide) groups is 1. The number of hydrogen-bond acceptors (Lipinski definition) is 4. The molecule has 0 fully saturated rings. The third kappa shape index (κ3) is 2.85. The van der Waals surface area contributed by atoms with Crippen molar-refractivity contribution in [3.63, 3.8) is 0 Å². The number of H-pyrrole nitrogens is 1. The number of benzene rings is 1. The summed E-state index contributed by atoms with van der Waals surface area (Å²) in [6.07, 6.45) is 0.937. The van der Waals surface area contributed by atoms with Crippen molar-refractivity contribution in [3.8, 4) is 0 Å². The third-order valence-corrected chi connectivity index (χ3v) is 4.22. The van der Waals surface area contributed by atoms with Gasteiger partial charge in [-0.25, -0.2) is 4.98 Å². The van der Waals surface area contributed by atoms with E-state index in [1.807, 2.05) is 17.9 Å². The molecule has 0 saturated heterocycles. The highest BCUT2D eigenvalue weighted by atomic mass is 32.2. The van der Waals surface area contributed by atoms with Gasteiger partial charge >= 0.3 is 0 Å². The molecule has 1 aliphatic rings. The van der Waals surface area contributed by atoms with Gasteiger partial charge < -0.3 is 4.90 Å². The number of aromatic amines is 1.